The first-order valence-corrected chi connectivity index (χ1v) is 13.5. The number of aliphatic hydroxyl groups excluding tert-OH is 1. The zero-order valence-electron chi connectivity index (χ0n) is 22.4. The number of amides is 1. The molecule has 8 nitrogen and oxygen atoms in total. The third-order valence-corrected chi connectivity index (χ3v) is 7.45. The third-order valence-electron chi connectivity index (χ3n) is 7.45. The van der Waals surface area contributed by atoms with Crippen LogP contribution >= 0.6 is 0 Å². The fourth-order valence-corrected chi connectivity index (χ4v) is 4.99. The Morgan fingerprint density at radius 3 is 2.58 bits per heavy atom. The van der Waals surface area contributed by atoms with E-state index in [2.05, 4.69) is 29.2 Å². The number of pyridine rings is 1. The molecule has 8 heteroatoms. The van der Waals surface area contributed by atoms with Gasteiger partial charge in [0.1, 0.15) is 12.3 Å². The Bertz CT molecular complexity index is 1080. The number of aromatic nitrogens is 1. The molecule has 4 rings (SSSR count). The predicted molar refractivity (Wildman–Crippen MR) is 146 cm³/mol. The molecule has 2 saturated carbocycles. The van der Waals surface area contributed by atoms with Crippen LogP contribution in [0, 0.1) is 29.7 Å². The van der Waals surface area contributed by atoms with Gasteiger partial charge in [-0.05, 0) is 50.7 Å². The lowest BCUT2D eigenvalue weighted by Gasteiger charge is -2.31. The number of likely N-dealkylation sites (tertiary alicyclic amines) is 1. The summed E-state index contributed by atoms with van der Waals surface area (Å²) in [6, 6.07) is 3.16. The van der Waals surface area contributed by atoms with Gasteiger partial charge in [0.05, 0.1) is 24.4 Å². The van der Waals surface area contributed by atoms with Crippen molar-refractivity contribution in [3.05, 3.63) is 53.5 Å². The topological polar surface area (TPSA) is 110 Å². The second-order valence-electron chi connectivity index (χ2n) is 10.4. The Hall–Kier alpha value is -3.62. The molecule has 202 valence electrons. The molecule has 2 heterocycles. The maximum Gasteiger partial charge on any atom is 0.247 e. The van der Waals surface area contributed by atoms with Crippen LogP contribution in [-0.4, -0.2) is 63.9 Å². The normalized spacial score (nSPS) is 22.8. The van der Waals surface area contributed by atoms with E-state index in [0.29, 0.717) is 30.9 Å². The van der Waals surface area contributed by atoms with E-state index >= 15 is 0 Å². The largest absolute Gasteiger partial charge is 0.391 e. The quantitative estimate of drug-likeness (QED) is 0.235. The molecule has 2 aliphatic carbocycles. The number of aldehydes is 1. The number of nitrogens with one attached hydrogen (secondary N) is 1. The van der Waals surface area contributed by atoms with Crippen LogP contribution in [0.1, 0.15) is 69.9 Å². The summed E-state index contributed by atoms with van der Waals surface area (Å²) in [6.45, 7) is 2.44. The molecule has 1 saturated heterocycles. The molecule has 0 radical (unpaired) electrons. The average Bonchev–Trinajstić information content (AvgIpc) is 3.72. The first-order valence-electron chi connectivity index (χ1n) is 13.5. The number of β-amino-alcohol motifs (C(OH)–C–C–N with tert-alkyl or cyclic N) is 1. The van der Waals surface area contributed by atoms with Gasteiger partial charge in [-0.25, -0.2) is 0 Å². The van der Waals surface area contributed by atoms with Crippen LogP contribution in [-0.2, 0) is 9.59 Å². The minimum atomic E-state index is -0.519. The first-order chi connectivity index (χ1) is 18.4. The van der Waals surface area contributed by atoms with Crippen LogP contribution in [0.25, 0.3) is 0 Å². The molecule has 3 aliphatic rings. The molecule has 3 unspecified atom stereocenters. The summed E-state index contributed by atoms with van der Waals surface area (Å²) < 4.78 is 0. The molecule has 3 fully saturated rings. The Labute approximate surface area is 226 Å². The smallest absolute Gasteiger partial charge is 0.247 e. The van der Waals surface area contributed by atoms with E-state index in [9.17, 15) is 9.59 Å². The van der Waals surface area contributed by atoms with Crippen LogP contribution in [0.2, 0.25) is 0 Å². The number of carbonyl (C=O) groups is 2. The van der Waals surface area contributed by atoms with Gasteiger partial charge in [0.15, 0.2) is 6.19 Å². The van der Waals surface area contributed by atoms with Crippen LogP contribution < -0.4 is 5.32 Å². The van der Waals surface area contributed by atoms with Gasteiger partial charge in [-0.2, -0.15) is 5.26 Å². The molecule has 0 aromatic carbocycles. The lowest BCUT2D eigenvalue weighted by molar-refractivity contribution is -0.126. The summed E-state index contributed by atoms with van der Waals surface area (Å²) in [4.78, 5) is 30.9. The van der Waals surface area contributed by atoms with Crippen molar-refractivity contribution >= 4 is 12.2 Å². The number of aliphatic hydroxyl groups is 1. The average molecular weight is 518 g/mol. The van der Waals surface area contributed by atoms with Crippen LogP contribution in [0.3, 0.4) is 0 Å². The molecule has 1 aliphatic heterocycles. The maximum atomic E-state index is 13.2. The minimum absolute atomic E-state index is 0.00792. The SMILES string of the molecule is C#C/C(=C\C=C(/C)C1CC1)N(C)C(C(=O)NC1CCCCC1)c1cccnc1.N#CN1CC(O)CC1C=O. The van der Waals surface area contributed by atoms with E-state index in [1.54, 1.807) is 12.4 Å². The summed E-state index contributed by atoms with van der Waals surface area (Å²) in [5.41, 5.74) is 2.90. The van der Waals surface area contributed by atoms with E-state index in [4.69, 9.17) is 16.8 Å². The highest BCUT2D eigenvalue weighted by Crippen LogP contribution is 2.36. The summed E-state index contributed by atoms with van der Waals surface area (Å²) in [5, 5.41) is 20.6. The van der Waals surface area contributed by atoms with E-state index < -0.39 is 18.2 Å². The van der Waals surface area contributed by atoms with Gasteiger partial charge in [-0.3, -0.25) is 14.7 Å². The number of terminal acetylenes is 1. The summed E-state index contributed by atoms with van der Waals surface area (Å²) >= 11 is 0. The summed E-state index contributed by atoms with van der Waals surface area (Å²) in [6.07, 6.45) is 24.0. The Morgan fingerprint density at radius 1 is 1.29 bits per heavy atom. The molecule has 38 heavy (non-hydrogen) atoms. The minimum Gasteiger partial charge on any atom is -0.391 e. The second kappa shape index (κ2) is 14.4. The van der Waals surface area contributed by atoms with Gasteiger partial charge in [-0.15, -0.1) is 6.42 Å². The zero-order valence-corrected chi connectivity index (χ0v) is 22.4. The second-order valence-corrected chi connectivity index (χ2v) is 10.4. The highest BCUT2D eigenvalue weighted by molar-refractivity contribution is 5.83. The highest BCUT2D eigenvalue weighted by Gasteiger charge is 2.30. The Kier molecular flexibility index (Phi) is 10.9. The van der Waals surface area contributed by atoms with E-state index in [1.165, 1.54) is 42.6 Å². The molecule has 2 N–H and O–H groups in total. The van der Waals surface area contributed by atoms with Gasteiger partial charge in [0, 0.05) is 37.5 Å². The molecular formula is C30H39N5O3. The Morgan fingerprint density at radius 2 is 2.03 bits per heavy atom. The fraction of sp³-hybridized carbons (Fsp3) is 0.533. The number of hydrogen-bond donors (Lipinski definition) is 2. The number of hydrogen-bond acceptors (Lipinski definition) is 7. The molecule has 1 amide bonds. The maximum absolute atomic E-state index is 13.2. The Balaban J connectivity index is 0.000000336. The van der Waals surface area contributed by atoms with Crippen molar-refractivity contribution < 1.29 is 14.7 Å². The van der Waals surface area contributed by atoms with Gasteiger partial charge < -0.3 is 20.1 Å². The lowest BCUT2D eigenvalue weighted by Crippen LogP contribution is -2.43. The number of nitrogens with zero attached hydrogens (tertiary/aromatic N) is 4. The number of nitriles is 1. The molecule has 0 bridgehead atoms. The number of allylic oxidation sites excluding steroid dienone is 4. The van der Waals surface area contributed by atoms with Crippen molar-refractivity contribution in [1.29, 1.82) is 5.26 Å². The van der Waals surface area contributed by atoms with E-state index in [0.717, 1.165) is 18.4 Å². The van der Waals surface area contributed by atoms with Gasteiger partial charge >= 0.3 is 0 Å². The van der Waals surface area contributed by atoms with Crippen molar-refractivity contribution in [3.8, 4) is 18.5 Å². The van der Waals surface area contributed by atoms with Crippen LogP contribution in [0.15, 0.2) is 47.9 Å². The molecular weight excluding hydrogens is 478 g/mol. The van der Waals surface area contributed by atoms with Crippen molar-refractivity contribution in [2.45, 2.75) is 82.5 Å². The van der Waals surface area contributed by atoms with E-state index in [1.807, 2.05) is 36.3 Å². The number of rotatable bonds is 8. The third kappa shape index (κ3) is 8.19. The molecule has 1 aromatic rings. The molecule has 0 spiro atoms. The van der Waals surface area contributed by atoms with Crippen LogP contribution in [0.4, 0.5) is 0 Å². The highest BCUT2D eigenvalue weighted by atomic mass is 16.3. The summed E-state index contributed by atoms with van der Waals surface area (Å²) in [5.74, 6) is 3.46. The van der Waals surface area contributed by atoms with Gasteiger partial charge in [0.2, 0.25) is 5.91 Å². The predicted octanol–water partition coefficient (Wildman–Crippen LogP) is 3.48. The number of carbonyl (C=O) groups excluding carboxylic acids is 2. The molecule has 1 aromatic heterocycles. The monoisotopic (exact) mass is 517 g/mol. The zero-order chi connectivity index (χ0) is 27.5. The number of likely N-dealkylation sites (N-methyl/N-ethyl adjacent to an activating group) is 1. The fourth-order valence-electron chi connectivity index (χ4n) is 4.99. The van der Waals surface area contributed by atoms with E-state index in [-0.39, 0.29) is 11.9 Å². The van der Waals surface area contributed by atoms with Crippen molar-refractivity contribution in [1.82, 2.24) is 20.1 Å². The standard InChI is InChI=1S/C24H31N3O.C6H8N2O2/c1-4-22(15-12-18(2)19-13-14-19)27(3)23(20-9-8-16-25-17-20)24(28)26-21-10-6-5-7-11-21;7-4-8-2-6(10)1-5(8)3-9/h1,8-9,12,15-17,19,21,23H,5-7,10-11,13-14H2,2-3H3,(H,26,28);3,5-6,10H,1-2H2/b18-12+,22-15+;. The first kappa shape index (κ1) is 28.9. The van der Waals surface area contributed by atoms with Crippen molar-refractivity contribution in [2.75, 3.05) is 13.6 Å². The van der Waals surface area contributed by atoms with Crippen LogP contribution in [0.5, 0.6) is 0 Å². The lowest BCUT2D eigenvalue weighted by atomic mass is 9.95. The van der Waals surface area contributed by atoms with Gasteiger partial charge in [-0.1, -0.05) is 42.9 Å². The van der Waals surface area contributed by atoms with Crippen molar-refractivity contribution in [2.24, 2.45) is 5.92 Å². The van der Waals surface area contributed by atoms with Gasteiger partial charge in [0.25, 0.3) is 0 Å². The van der Waals surface area contributed by atoms with Crippen molar-refractivity contribution in [3.63, 3.8) is 0 Å². The summed E-state index contributed by atoms with van der Waals surface area (Å²) in [7, 11) is 1.89. The molecule has 3 atom stereocenters.